The lowest BCUT2D eigenvalue weighted by Gasteiger charge is -2.30. The molecule has 0 amide bonds. The number of hydrogen-bond acceptors (Lipinski definition) is 7. The van der Waals surface area contributed by atoms with Gasteiger partial charge in [0.25, 0.3) is 0 Å². The molecule has 2 aliphatic rings. The number of aromatic hydroxyl groups is 3. The Kier molecular flexibility index (Phi) is 3.08. The second kappa shape index (κ2) is 5.13. The smallest absolute Gasteiger partial charge is 0.200 e. The number of phenols is 3. The van der Waals surface area contributed by atoms with Crippen molar-refractivity contribution in [3.05, 3.63) is 39.5 Å². The molecule has 7 heteroatoms. The minimum Gasteiger partial charge on any atom is -0.507 e. The predicted octanol–water partition coefficient (Wildman–Crippen LogP) is 3.40. The van der Waals surface area contributed by atoms with Crippen LogP contribution in [0.1, 0.15) is 30.9 Å². The first-order chi connectivity index (χ1) is 13.2. The molecule has 0 fully saturated rings. The highest BCUT2D eigenvalue weighted by Crippen LogP contribution is 2.59. The molecule has 5 rings (SSSR count). The van der Waals surface area contributed by atoms with E-state index >= 15 is 0 Å². The van der Waals surface area contributed by atoms with E-state index in [0.717, 1.165) is 0 Å². The third kappa shape index (κ3) is 1.96. The van der Waals surface area contributed by atoms with E-state index < -0.39 is 5.60 Å². The Balaban J connectivity index is 1.92. The van der Waals surface area contributed by atoms with Gasteiger partial charge in [0, 0.05) is 35.2 Å². The van der Waals surface area contributed by atoms with Crippen LogP contribution in [-0.2, 0) is 6.42 Å². The van der Waals surface area contributed by atoms with Gasteiger partial charge in [0.15, 0.2) is 16.9 Å². The number of rotatable bonds is 1. The van der Waals surface area contributed by atoms with Crippen LogP contribution in [0.3, 0.4) is 0 Å². The number of phenolic OH excluding ortho intramolecular Hbond substituents is 3. The first kappa shape index (κ1) is 16.8. The van der Waals surface area contributed by atoms with E-state index in [0.29, 0.717) is 34.6 Å². The van der Waals surface area contributed by atoms with Crippen LogP contribution in [0, 0.1) is 0 Å². The van der Waals surface area contributed by atoms with Crippen molar-refractivity contribution >= 4 is 11.0 Å². The average molecular weight is 382 g/mol. The number of methoxy groups -OCH3 is 1. The molecule has 0 saturated heterocycles. The van der Waals surface area contributed by atoms with Crippen LogP contribution in [0.15, 0.2) is 27.4 Å². The van der Waals surface area contributed by atoms with Gasteiger partial charge in [-0.3, -0.25) is 4.79 Å². The Morgan fingerprint density at radius 3 is 2.57 bits per heavy atom. The maximum Gasteiger partial charge on any atom is 0.200 e. The van der Waals surface area contributed by atoms with Crippen molar-refractivity contribution in [3.8, 4) is 40.1 Å². The van der Waals surface area contributed by atoms with Crippen molar-refractivity contribution in [2.75, 3.05) is 7.11 Å². The summed E-state index contributed by atoms with van der Waals surface area (Å²) >= 11 is 0. The predicted molar refractivity (Wildman–Crippen MR) is 101 cm³/mol. The van der Waals surface area contributed by atoms with Crippen molar-refractivity contribution in [2.24, 2.45) is 0 Å². The summed E-state index contributed by atoms with van der Waals surface area (Å²) in [5.41, 5.74) is 0.424. The molecule has 1 aliphatic heterocycles. The number of ether oxygens (including phenoxy) is 2. The molecule has 3 aromatic rings. The van der Waals surface area contributed by atoms with E-state index in [1.165, 1.54) is 25.3 Å². The van der Waals surface area contributed by atoms with Gasteiger partial charge in [-0.2, -0.15) is 0 Å². The molecule has 144 valence electrons. The van der Waals surface area contributed by atoms with Crippen molar-refractivity contribution < 1.29 is 29.2 Å². The van der Waals surface area contributed by atoms with Gasteiger partial charge in [0.05, 0.1) is 12.7 Å². The SMILES string of the molecule is COc1cc(O)c2c(=O)c3c(oc2c1)-c1c(O)cc(O)c2c1[C@@H](C3)C(C)(C)O2. The van der Waals surface area contributed by atoms with Gasteiger partial charge in [0.2, 0.25) is 0 Å². The number of benzene rings is 2. The van der Waals surface area contributed by atoms with E-state index in [1.54, 1.807) is 0 Å². The lowest BCUT2D eigenvalue weighted by atomic mass is 9.75. The molecule has 3 N–H and O–H groups in total. The second-order valence-corrected chi connectivity index (χ2v) is 7.75. The van der Waals surface area contributed by atoms with Crippen molar-refractivity contribution in [1.29, 1.82) is 0 Å². The molecule has 0 unspecified atom stereocenters. The molecular formula is C21H18O7. The van der Waals surface area contributed by atoms with Crippen LogP contribution in [0.25, 0.3) is 22.3 Å². The third-order valence-corrected chi connectivity index (χ3v) is 5.74. The largest absolute Gasteiger partial charge is 0.507 e. The highest BCUT2D eigenvalue weighted by atomic mass is 16.5. The van der Waals surface area contributed by atoms with Gasteiger partial charge in [-0.1, -0.05) is 0 Å². The monoisotopic (exact) mass is 382 g/mol. The van der Waals surface area contributed by atoms with Gasteiger partial charge in [-0.15, -0.1) is 0 Å². The summed E-state index contributed by atoms with van der Waals surface area (Å²) in [4.78, 5) is 13.2. The molecule has 7 nitrogen and oxygen atoms in total. The molecule has 2 heterocycles. The minimum absolute atomic E-state index is 0.0678. The first-order valence-corrected chi connectivity index (χ1v) is 8.88. The minimum atomic E-state index is -0.691. The molecular weight excluding hydrogens is 364 g/mol. The van der Waals surface area contributed by atoms with E-state index in [2.05, 4.69) is 0 Å². The van der Waals surface area contributed by atoms with Crippen molar-refractivity contribution in [3.63, 3.8) is 0 Å². The molecule has 0 saturated carbocycles. The normalized spacial score (nSPS) is 18.5. The molecule has 0 bridgehead atoms. The number of fused-ring (bicyclic) bond motifs is 3. The van der Waals surface area contributed by atoms with Gasteiger partial charge < -0.3 is 29.2 Å². The Bertz CT molecular complexity index is 1240. The summed E-state index contributed by atoms with van der Waals surface area (Å²) in [7, 11) is 1.44. The van der Waals surface area contributed by atoms with E-state index in [9.17, 15) is 20.1 Å². The Labute approximate surface area is 159 Å². The van der Waals surface area contributed by atoms with Gasteiger partial charge >= 0.3 is 0 Å². The zero-order valence-corrected chi connectivity index (χ0v) is 15.5. The molecule has 2 aromatic carbocycles. The lowest BCUT2D eigenvalue weighted by Crippen LogP contribution is -2.34. The fourth-order valence-corrected chi connectivity index (χ4v) is 4.38. The van der Waals surface area contributed by atoms with Crippen LogP contribution in [0.4, 0.5) is 0 Å². The van der Waals surface area contributed by atoms with E-state index in [-0.39, 0.29) is 45.3 Å². The number of hydrogen-bond donors (Lipinski definition) is 3. The fraction of sp³-hybridized carbons (Fsp3) is 0.286. The Morgan fingerprint density at radius 1 is 1.11 bits per heavy atom. The van der Waals surface area contributed by atoms with Gasteiger partial charge in [0.1, 0.15) is 39.6 Å². The molecule has 0 spiro atoms. The quantitative estimate of drug-likeness (QED) is 0.592. The van der Waals surface area contributed by atoms with Crippen LogP contribution < -0.4 is 14.9 Å². The highest BCUT2D eigenvalue weighted by Gasteiger charge is 2.49. The summed E-state index contributed by atoms with van der Waals surface area (Å²) in [6.45, 7) is 3.74. The molecule has 0 radical (unpaired) electrons. The summed E-state index contributed by atoms with van der Waals surface area (Å²) in [5, 5.41) is 31.3. The van der Waals surface area contributed by atoms with Crippen molar-refractivity contribution in [1.82, 2.24) is 0 Å². The van der Waals surface area contributed by atoms with Crippen LogP contribution in [-0.4, -0.2) is 28.0 Å². The first-order valence-electron chi connectivity index (χ1n) is 8.88. The van der Waals surface area contributed by atoms with Gasteiger partial charge in [-0.25, -0.2) is 0 Å². The van der Waals surface area contributed by atoms with E-state index in [1.807, 2.05) is 13.8 Å². The van der Waals surface area contributed by atoms with Crippen molar-refractivity contribution in [2.45, 2.75) is 31.8 Å². The summed E-state index contributed by atoms with van der Waals surface area (Å²) in [5.74, 6) is 0.0152. The molecule has 1 aliphatic carbocycles. The van der Waals surface area contributed by atoms with E-state index in [4.69, 9.17) is 13.9 Å². The summed E-state index contributed by atoms with van der Waals surface area (Å²) < 4.78 is 17.1. The van der Waals surface area contributed by atoms with Crippen LogP contribution in [0.5, 0.6) is 28.7 Å². The molecule has 1 aromatic heterocycles. The fourth-order valence-electron chi connectivity index (χ4n) is 4.38. The molecule has 1 atom stereocenters. The standard InChI is InChI=1S/C21H18O7/c1-21(2)10-6-9-18(25)16-11(22)4-8(26-3)5-14(16)27-19(9)17-12(23)7-13(24)20(28-21)15(10)17/h4-5,7,10,22-24H,6H2,1-3H3/t10-/m1/s1. The average Bonchev–Trinajstić information content (AvgIpc) is 2.90. The maximum absolute atomic E-state index is 13.2. The molecule has 28 heavy (non-hydrogen) atoms. The topological polar surface area (TPSA) is 109 Å². The second-order valence-electron chi connectivity index (χ2n) is 7.75. The Hall–Kier alpha value is -3.35. The van der Waals surface area contributed by atoms with Gasteiger partial charge in [-0.05, 0) is 20.3 Å². The Morgan fingerprint density at radius 2 is 1.86 bits per heavy atom. The zero-order chi connectivity index (χ0) is 20.0. The zero-order valence-electron chi connectivity index (χ0n) is 15.5. The van der Waals surface area contributed by atoms with Crippen LogP contribution in [0.2, 0.25) is 0 Å². The van der Waals surface area contributed by atoms with Crippen LogP contribution >= 0.6 is 0 Å². The highest BCUT2D eigenvalue weighted by molar-refractivity contribution is 5.90. The maximum atomic E-state index is 13.2. The summed E-state index contributed by atoms with van der Waals surface area (Å²) in [6.07, 6.45) is 0.301. The lowest BCUT2D eigenvalue weighted by molar-refractivity contribution is 0.106. The summed E-state index contributed by atoms with van der Waals surface area (Å²) in [6, 6.07) is 4.06. The third-order valence-electron chi connectivity index (χ3n) is 5.74.